The summed E-state index contributed by atoms with van der Waals surface area (Å²) in [4.78, 5) is 24.4. The number of carbonyl (C=O) groups is 2. The lowest BCUT2D eigenvalue weighted by Gasteiger charge is -2.29. The first-order chi connectivity index (χ1) is 11.4. The average Bonchev–Trinajstić information content (AvgIpc) is 3.06. The van der Waals surface area contributed by atoms with Crippen LogP contribution in [0.1, 0.15) is 54.8 Å². The predicted octanol–water partition coefficient (Wildman–Crippen LogP) is 3.57. The maximum atomic E-state index is 12.4. The van der Waals surface area contributed by atoms with Gasteiger partial charge in [0.05, 0.1) is 6.26 Å². The first-order valence-electron chi connectivity index (χ1n) is 8.07. The van der Waals surface area contributed by atoms with E-state index < -0.39 is 17.3 Å². The van der Waals surface area contributed by atoms with Crippen molar-refractivity contribution in [3.63, 3.8) is 0 Å². The predicted molar refractivity (Wildman–Crippen MR) is 91.2 cm³/mol. The minimum absolute atomic E-state index is 0.0000841. The van der Waals surface area contributed by atoms with Crippen molar-refractivity contribution in [2.45, 2.75) is 38.5 Å². The summed E-state index contributed by atoms with van der Waals surface area (Å²) in [7, 11) is 0. The molecule has 24 heavy (non-hydrogen) atoms. The largest absolute Gasteiger partial charge is 0.481 e. The van der Waals surface area contributed by atoms with Crippen LogP contribution in [0, 0.1) is 0 Å². The van der Waals surface area contributed by atoms with Crippen LogP contribution in [0.25, 0.3) is 0 Å². The topological polar surface area (TPSA) is 79.5 Å². The SMILES string of the molecule is CCC(CNC(=O)c1occc1C(C)C)(C(=O)O)c1ccccc1. The molecular weight excluding hydrogens is 306 g/mol. The summed E-state index contributed by atoms with van der Waals surface area (Å²) < 4.78 is 5.29. The molecule has 1 amide bonds. The summed E-state index contributed by atoms with van der Waals surface area (Å²) in [5.74, 6) is -0.957. The third-order valence-corrected chi connectivity index (χ3v) is 4.41. The average molecular weight is 329 g/mol. The number of carboxylic acids is 1. The molecule has 0 saturated heterocycles. The van der Waals surface area contributed by atoms with E-state index in [1.165, 1.54) is 6.26 Å². The summed E-state index contributed by atoms with van der Waals surface area (Å²) in [6.45, 7) is 5.75. The lowest BCUT2D eigenvalue weighted by Crippen LogP contribution is -2.46. The van der Waals surface area contributed by atoms with Crippen LogP contribution in [0.4, 0.5) is 0 Å². The zero-order valence-electron chi connectivity index (χ0n) is 14.2. The molecule has 1 aromatic heterocycles. The van der Waals surface area contributed by atoms with Gasteiger partial charge in [0.25, 0.3) is 5.91 Å². The van der Waals surface area contributed by atoms with Crippen LogP contribution in [-0.4, -0.2) is 23.5 Å². The first-order valence-corrected chi connectivity index (χ1v) is 8.07. The number of carboxylic acid groups (broad SMARTS) is 1. The van der Waals surface area contributed by atoms with Gasteiger partial charge in [-0.15, -0.1) is 0 Å². The molecule has 2 rings (SSSR count). The van der Waals surface area contributed by atoms with Crippen LogP contribution >= 0.6 is 0 Å². The van der Waals surface area contributed by atoms with Crippen LogP contribution in [-0.2, 0) is 10.2 Å². The van der Waals surface area contributed by atoms with Gasteiger partial charge in [-0.1, -0.05) is 51.1 Å². The number of amides is 1. The number of hydrogen-bond acceptors (Lipinski definition) is 3. The summed E-state index contributed by atoms with van der Waals surface area (Å²) in [6.07, 6.45) is 1.84. The van der Waals surface area contributed by atoms with Crippen molar-refractivity contribution in [2.24, 2.45) is 0 Å². The molecule has 0 radical (unpaired) electrons. The first kappa shape index (κ1) is 17.8. The van der Waals surface area contributed by atoms with E-state index in [2.05, 4.69) is 5.32 Å². The highest BCUT2D eigenvalue weighted by atomic mass is 16.4. The normalized spacial score (nSPS) is 13.5. The van der Waals surface area contributed by atoms with Crippen molar-refractivity contribution >= 4 is 11.9 Å². The van der Waals surface area contributed by atoms with Gasteiger partial charge < -0.3 is 14.8 Å². The maximum Gasteiger partial charge on any atom is 0.315 e. The van der Waals surface area contributed by atoms with E-state index in [1.807, 2.05) is 19.9 Å². The van der Waals surface area contributed by atoms with Gasteiger partial charge in [-0.25, -0.2) is 0 Å². The number of nitrogens with one attached hydrogen (secondary N) is 1. The van der Waals surface area contributed by atoms with Gasteiger partial charge >= 0.3 is 5.97 Å². The van der Waals surface area contributed by atoms with Crippen LogP contribution in [0.3, 0.4) is 0 Å². The Balaban J connectivity index is 2.24. The molecule has 0 saturated carbocycles. The number of benzene rings is 1. The van der Waals surface area contributed by atoms with Crippen molar-refractivity contribution in [1.29, 1.82) is 0 Å². The Morgan fingerprint density at radius 3 is 2.42 bits per heavy atom. The zero-order chi connectivity index (χ0) is 17.7. The number of furan rings is 1. The smallest absolute Gasteiger partial charge is 0.315 e. The fourth-order valence-electron chi connectivity index (χ4n) is 2.81. The summed E-state index contributed by atoms with van der Waals surface area (Å²) in [5.41, 5.74) is 0.315. The van der Waals surface area contributed by atoms with E-state index in [0.717, 1.165) is 5.56 Å². The van der Waals surface area contributed by atoms with Gasteiger partial charge in [-0.2, -0.15) is 0 Å². The number of hydrogen-bond donors (Lipinski definition) is 2. The van der Waals surface area contributed by atoms with Crippen LogP contribution in [0.5, 0.6) is 0 Å². The molecule has 5 heteroatoms. The molecule has 0 spiro atoms. The molecule has 0 aliphatic carbocycles. The Kier molecular flexibility index (Phi) is 5.44. The minimum atomic E-state index is -1.17. The summed E-state index contributed by atoms with van der Waals surface area (Å²) in [5, 5.41) is 12.5. The second-order valence-corrected chi connectivity index (χ2v) is 6.15. The van der Waals surface area contributed by atoms with Gasteiger partial charge in [0.15, 0.2) is 5.76 Å². The molecule has 128 valence electrons. The summed E-state index contributed by atoms with van der Waals surface area (Å²) >= 11 is 0. The van der Waals surface area contributed by atoms with Gasteiger partial charge in [0, 0.05) is 12.1 Å². The number of carbonyl (C=O) groups excluding carboxylic acids is 1. The molecule has 1 atom stereocenters. The van der Waals surface area contributed by atoms with Gasteiger partial charge in [0.2, 0.25) is 0 Å². The number of rotatable bonds is 7. The molecule has 0 bridgehead atoms. The van der Waals surface area contributed by atoms with E-state index in [-0.39, 0.29) is 18.2 Å². The Labute approximate surface area is 141 Å². The standard InChI is InChI=1S/C19H23NO4/c1-4-19(18(22)23,14-8-6-5-7-9-14)12-20-17(21)16-15(13(2)3)10-11-24-16/h5-11,13H,4,12H2,1-3H3,(H,20,21)(H,22,23). The highest BCUT2D eigenvalue weighted by Gasteiger charge is 2.39. The third-order valence-electron chi connectivity index (χ3n) is 4.41. The van der Waals surface area contributed by atoms with Gasteiger partial charge in [-0.05, 0) is 24.0 Å². The fourth-order valence-corrected chi connectivity index (χ4v) is 2.81. The van der Waals surface area contributed by atoms with E-state index in [1.54, 1.807) is 37.3 Å². The second kappa shape index (κ2) is 7.34. The van der Waals surface area contributed by atoms with E-state index >= 15 is 0 Å². The lowest BCUT2D eigenvalue weighted by atomic mass is 9.78. The van der Waals surface area contributed by atoms with Crippen LogP contribution in [0.15, 0.2) is 47.1 Å². The molecule has 0 aliphatic rings. The Bertz CT molecular complexity index is 705. The Morgan fingerprint density at radius 1 is 1.21 bits per heavy atom. The van der Waals surface area contributed by atoms with E-state index in [0.29, 0.717) is 12.0 Å². The molecule has 0 fully saturated rings. The van der Waals surface area contributed by atoms with Crippen molar-refractivity contribution in [3.05, 3.63) is 59.5 Å². The third kappa shape index (κ3) is 3.35. The second-order valence-electron chi connectivity index (χ2n) is 6.15. The lowest BCUT2D eigenvalue weighted by molar-refractivity contribution is -0.143. The van der Waals surface area contributed by atoms with Crippen molar-refractivity contribution in [1.82, 2.24) is 5.32 Å². The monoisotopic (exact) mass is 329 g/mol. The van der Waals surface area contributed by atoms with Crippen LogP contribution < -0.4 is 5.32 Å². The van der Waals surface area contributed by atoms with E-state index in [9.17, 15) is 14.7 Å². The number of aliphatic carboxylic acids is 1. The highest BCUT2D eigenvalue weighted by molar-refractivity contribution is 5.94. The maximum absolute atomic E-state index is 12.4. The quantitative estimate of drug-likeness (QED) is 0.814. The zero-order valence-corrected chi connectivity index (χ0v) is 14.2. The van der Waals surface area contributed by atoms with Crippen LogP contribution in [0.2, 0.25) is 0 Å². The Hall–Kier alpha value is -2.56. The molecule has 1 unspecified atom stereocenters. The molecule has 1 aromatic carbocycles. The molecule has 0 aliphatic heterocycles. The Morgan fingerprint density at radius 2 is 1.88 bits per heavy atom. The van der Waals surface area contributed by atoms with Gasteiger partial charge in [0.1, 0.15) is 5.41 Å². The van der Waals surface area contributed by atoms with E-state index in [4.69, 9.17) is 4.42 Å². The highest BCUT2D eigenvalue weighted by Crippen LogP contribution is 2.28. The molecular formula is C19H23NO4. The van der Waals surface area contributed by atoms with Crippen molar-refractivity contribution in [3.8, 4) is 0 Å². The minimum Gasteiger partial charge on any atom is -0.481 e. The van der Waals surface area contributed by atoms with Gasteiger partial charge in [-0.3, -0.25) is 9.59 Å². The van der Waals surface area contributed by atoms with Crippen molar-refractivity contribution in [2.75, 3.05) is 6.54 Å². The molecule has 5 nitrogen and oxygen atoms in total. The summed E-state index contributed by atoms with van der Waals surface area (Å²) in [6, 6.07) is 10.7. The molecule has 2 aromatic rings. The fraction of sp³-hybridized carbons (Fsp3) is 0.368. The van der Waals surface area contributed by atoms with Crippen molar-refractivity contribution < 1.29 is 19.1 Å². The molecule has 2 N–H and O–H groups in total. The molecule has 1 heterocycles.